The van der Waals surface area contributed by atoms with Crippen LogP contribution in [0, 0.1) is 65.1 Å². The summed E-state index contributed by atoms with van der Waals surface area (Å²) in [6.07, 6.45) is 2.51. The number of allylic oxidation sites excluding steroid dienone is 2. The molecule has 0 aromatic rings. The highest BCUT2D eigenvalue weighted by molar-refractivity contribution is 5.99. The summed E-state index contributed by atoms with van der Waals surface area (Å²) >= 11 is 0. The summed E-state index contributed by atoms with van der Waals surface area (Å²) in [5.41, 5.74) is 0. The summed E-state index contributed by atoms with van der Waals surface area (Å²) < 4.78 is 0. The fourth-order valence-electron chi connectivity index (χ4n) is 11.8. The van der Waals surface area contributed by atoms with Gasteiger partial charge in [0.05, 0.1) is 24.7 Å². The first kappa shape index (κ1) is 77.7. The molecular formula is C66H115N7O12. The average Bonchev–Trinajstić information content (AvgIpc) is 3.62. The minimum Gasteiger partial charge on any atom is -0.390 e. The maximum atomic E-state index is 15.2. The number of ketones is 4. The van der Waals surface area contributed by atoms with Gasteiger partial charge in [0.25, 0.3) is 0 Å². The van der Waals surface area contributed by atoms with Crippen molar-refractivity contribution < 1.29 is 57.8 Å². The van der Waals surface area contributed by atoms with E-state index in [0.717, 1.165) is 0 Å². The van der Waals surface area contributed by atoms with E-state index in [-0.39, 0.29) is 98.3 Å². The molecule has 0 aromatic carbocycles. The van der Waals surface area contributed by atoms with Gasteiger partial charge in [-0.2, -0.15) is 0 Å². The molecule has 0 saturated carbocycles. The largest absolute Gasteiger partial charge is 0.390 e. The molecule has 0 spiro atoms. The lowest BCUT2D eigenvalue weighted by molar-refractivity contribution is -0.157. The maximum Gasteiger partial charge on any atom is 0.246 e. The Kier molecular flexibility index (Phi) is 32.4. The molecular weight excluding hydrogens is 1080 g/mol. The zero-order valence-electron chi connectivity index (χ0n) is 56.9. The minimum atomic E-state index is -1.48. The number of carbonyl (C=O) groups excluding carboxylic acids is 11. The van der Waals surface area contributed by atoms with E-state index in [2.05, 4.69) is 0 Å². The van der Waals surface area contributed by atoms with Gasteiger partial charge in [0.2, 0.25) is 41.4 Å². The molecule has 1 fully saturated rings. The lowest BCUT2D eigenvalue weighted by Crippen LogP contribution is -2.61. The highest BCUT2D eigenvalue weighted by Crippen LogP contribution is 2.30. The van der Waals surface area contributed by atoms with Gasteiger partial charge >= 0.3 is 0 Å². The van der Waals surface area contributed by atoms with Crippen molar-refractivity contribution in [3.8, 4) is 0 Å². The third-order valence-corrected chi connectivity index (χ3v) is 17.4. The van der Waals surface area contributed by atoms with E-state index >= 15 is 9.59 Å². The van der Waals surface area contributed by atoms with Crippen molar-refractivity contribution in [1.82, 2.24) is 34.3 Å². The standard InChI is InChI=1S/C66H115N7O12/c1-25-27-28-44(15)60(79)59-56(77)35-47(26-2)62(81)67(18)37-57(78)68(19)49(29-38(3)4)55(76)36-48(42(11)12)63(82)69(20)50(30-39(5)6)54(75)33-45(16)53(74)34-46(17)61(80)70(21)51(31-40(7)8)64(83)71(22)52(32-41(9)10)65(84)72(23)58(43(13)14)66(85)73(59)24/h25,27,38-52,58-60,79H,26,28-37H2,1-24H3/b27-25+/t44-,45+,46-,47+,48-,49+,50-,51-,52-,58-,59+,60-/m1/s1. The molecule has 12 atom stereocenters. The molecule has 7 amide bonds. The van der Waals surface area contributed by atoms with Crippen molar-refractivity contribution in [3.63, 3.8) is 0 Å². The molecule has 0 bridgehead atoms. The first-order chi connectivity index (χ1) is 39.2. The van der Waals surface area contributed by atoms with Gasteiger partial charge in [-0.3, -0.25) is 52.7 Å². The zero-order valence-corrected chi connectivity index (χ0v) is 56.9. The SMILES string of the molecule is C/C=C/C[C@@H](C)[C@@H](O)[C@@H]1C(=O)C[C@H](CC)C(=O)N(C)CC(=O)N(C)[C@@H](CC(C)C)C(=O)C[C@H](C(C)C)C(=O)N(C)[C@H](CC(C)C)C(=O)C[C@H](C)C(=O)C[C@@H](C)C(=O)N(C)[C@H](CC(C)C)C(=O)N(C)[C@H](CC(C)C)C(=O)N(C)[C@H](C(C)C)C(=O)N1C. The second kappa shape index (κ2) is 35.5. The topological polar surface area (TPSA) is 231 Å². The van der Waals surface area contributed by atoms with E-state index in [1.54, 1.807) is 41.5 Å². The van der Waals surface area contributed by atoms with Gasteiger partial charge in [0.15, 0.2) is 17.3 Å². The van der Waals surface area contributed by atoms with Crippen LogP contribution < -0.4 is 0 Å². The second-order valence-corrected chi connectivity index (χ2v) is 27.4. The molecule has 0 aromatic heterocycles. The highest BCUT2D eigenvalue weighted by Gasteiger charge is 2.45. The fourth-order valence-corrected chi connectivity index (χ4v) is 11.8. The summed E-state index contributed by atoms with van der Waals surface area (Å²) in [7, 11) is 10.3. The predicted molar refractivity (Wildman–Crippen MR) is 333 cm³/mol. The van der Waals surface area contributed by atoms with E-state index in [4.69, 9.17) is 0 Å². The Hall–Kier alpha value is -5.33. The van der Waals surface area contributed by atoms with Crippen molar-refractivity contribution >= 4 is 64.5 Å². The Bertz CT molecular complexity index is 2310. The van der Waals surface area contributed by atoms with Crippen molar-refractivity contribution in [1.29, 1.82) is 0 Å². The fraction of sp³-hybridized carbons (Fsp3) is 0.803. The summed E-state index contributed by atoms with van der Waals surface area (Å²) in [4.78, 5) is 170. The van der Waals surface area contributed by atoms with Crippen LogP contribution in [-0.2, 0) is 52.7 Å². The summed E-state index contributed by atoms with van der Waals surface area (Å²) in [6.45, 7) is 30.4. The Labute approximate surface area is 512 Å². The molecule has 19 heteroatoms. The van der Waals surface area contributed by atoms with Crippen molar-refractivity contribution in [2.24, 2.45) is 65.1 Å². The van der Waals surface area contributed by atoms with Gasteiger partial charge in [-0.1, -0.05) is 123 Å². The number of rotatable bonds is 15. The first-order valence-electron chi connectivity index (χ1n) is 31.5. The number of aliphatic hydroxyl groups excluding tert-OH is 1. The van der Waals surface area contributed by atoms with E-state index in [9.17, 15) is 48.3 Å². The molecule has 85 heavy (non-hydrogen) atoms. The minimum absolute atomic E-state index is 0.0492. The second-order valence-electron chi connectivity index (χ2n) is 27.4. The zero-order chi connectivity index (χ0) is 66.0. The van der Waals surface area contributed by atoms with Crippen LogP contribution in [-0.4, -0.2) is 202 Å². The molecule has 0 aliphatic carbocycles. The van der Waals surface area contributed by atoms with E-state index in [1.165, 1.54) is 83.6 Å². The van der Waals surface area contributed by atoms with Crippen LogP contribution in [0.2, 0.25) is 0 Å². The number of aliphatic hydroxyl groups is 1. The van der Waals surface area contributed by atoms with Crippen molar-refractivity contribution in [2.45, 2.75) is 224 Å². The van der Waals surface area contributed by atoms with E-state index < -0.39 is 138 Å². The van der Waals surface area contributed by atoms with Gasteiger partial charge in [0.1, 0.15) is 30.0 Å². The summed E-state index contributed by atoms with van der Waals surface area (Å²) in [6, 6.07) is -6.82. The molecule has 486 valence electrons. The Morgan fingerprint density at radius 2 is 0.859 bits per heavy atom. The normalized spacial score (nSPS) is 27.3. The van der Waals surface area contributed by atoms with E-state index in [0.29, 0.717) is 6.42 Å². The highest BCUT2D eigenvalue weighted by atomic mass is 16.3. The smallest absolute Gasteiger partial charge is 0.246 e. The van der Waals surface area contributed by atoms with Crippen molar-refractivity contribution in [3.05, 3.63) is 12.2 Å². The molecule has 1 aliphatic heterocycles. The van der Waals surface area contributed by atoms with Gasteiger partial charge in [-0.15, -0.1) is 0 Å². The Balaban J connectivity index is 4.32. The van der Waals surface area contributed by atoms with Crippen LogP contribution in [0.25, 0.3) is 0 Å². The third kappa shape index (κ3) is 22.1. The average molecular weight is 1200 g/mol. The molecule has 1 N–H and O–H groups in total. The third-order valence-electron chi connectivity index (χ3n) is 17.4. The molecule has 0 radical (unpaired) electrons. The molecule has 1 rings (SSSR count). The quantitative estimate of drug-likeness (QED) is 0.156. The Morgan fingerprint density at radius 1 is 0.447 bits per heavy atom. The van der Waals surface area contributed by atoms with Crippen LogP contribution in [0.3, 0.4) is 0 Å². The molecule has 1 aliphatic rings. The van der Waals surface area contributed by atoms with Crippen molar-refractivity contribution in [2.75, 3.05) is 55.9 Å². The summed E-state index contributed by atoms with van der Waals surface area (Å²) in [5, 5.41) is 12.1. The number of likely N-dealkylation sites (N-methyl/N-ethyl adjacent to an activating group) is 7. The monoisotopic (exact) mass is 1200 g/mol. The van der Waals surface area contributed by atoms with Crippen LogP contribution in [0.5, 0.6) is 0 Å². The molecule has 19 nitrogen and oxygen atoms in total. The van der Waals surface area contributed by atoms with Gasteiger partial charge in [-0.25, -0.2) is 0 Å². The van der Waals surface area contributed by atoms with Crippen LogP contribution in [0.4, 0.5) is 0 Å². The van der Waals surface area contributed by atoms with Gasteiger partial charge in [0, 0.05) is 98.7 Å². The molecule has 1 saturated heterocycles. The number of amides is 7. The summed E-state index contributed by atoms with van der Waals surface area (Å²) in [5.74, 6) is -11.0. The number of nitrogens with zero attached hydrogens (tertiary/aromatic N) is 7. The lowest BCUT2D eigenvalue weighted by atomic mass is 9.84. The van der Waals surface area contributed by atoms with Gasteiger partial charge < -0.3 is 39.4 Å². The molecule has 1 heterocycles. The predicted octanol–water partition coefficient (Wildman–Crippen LogP) is 7.63. The number of Topliss-reactive ketones (excluding diaryl/α,β-unsaturated/α-hetero) is 4. The number of hydrogen-bond acceptors (Lipinski definition) is 12. The lowest BCUT2D eigenvalue weighted by Gasteiger charge is -2.41. The van der Waals surface area contributed by atoms with Crippen LogP contribution >= 0.6 is 0 Å². The Morgan fingerprint density at radius 3 is 1.31 bits per heavy atom. The van der Waals surface area contributed by atoms with Gasteiger partial charge in [-0.05, 0) is 86.9 Å². The first-order valence-corrected chi connectivity index (χ1v) is 31.5. The van der Waals surface area contributed by atoms with E-state index in [1.807, 2.05) is 88.3 Å². The maximum absolute atomic E-state index is 15.2. The number of hydrogen-bond donors (Lipinski definition) is 1. The van der Waals surface area contributed by atoms with Crippen LogP contribution in [0.1, 0.15) is 182 Å². The molecule has 0 unspecified atom stereocenters. The number of carbonyl (C=O) groups is 11. The van der Waals surface area contributed by atoms with Crippen LogP contribution in [0.15, 0.2) is 12.2 Å².